The normalized spacial score (nSPS) is 12.5. The van der Waals surface area contributed by atoms with Crippen molar-refractivity contribution in [2.24, 2.45) is 5.92 Å². The van der Waals surface area contributed by atoms with Crippen molar-refractivity contribution in [2.75, 3.05) is 26.6 Å². The summed E-state index contributed by atoms with van der Waals surface area (Å²) < 4.78 is 49.1. The van der Waals surface area contributed by atoms with Gasteiger partial charge in [-0.3, -0.25) is 4.79 Å². The number of anilines is 1. The van der Waals surface area contributed by atoms with Gasteiger partial charge in [0.15, 0.2) is 11.5 Å². The average molecular weight is 459 g/mol. The standard InChI is InChI=1S/C22H26ClF3N2O3/c1-13(2)20(27-17-8-7-15(11-16(17)23)22(24,25)26)21(29)28(3)12-14-6-9-18(30-4)19(10-14)31-5/h6-11,13,20,27H,12H2,1-5H3/t20-/m0/s1. The van der Waals surface area contributed by atoms with Crippen LogP contribution in [0.25, 0.3) is 0 Å². The first kappa shape index (κ1) is 24.7. The number of likely N-dealkylation sites (N-methyl/N-ethyl adjacent to an activating group) is 1. The van der Waals surface area contributed by atoms with E-state index in [1.54, 1.807) is 26.3 Å². The van der Waals surface area contributed by atoms with Crippen LogP contribution in [-0.2, 0) is 17.5 Å². The molecule has 9 heteroatoms. The zero-order valence-corrected chi connectivity index (χ0v) is 18.8. The third kappa shape index (κ3) is 6.19. The van der Waals surface area contributed by atoms with Gasteiger partial charge in [-0.2, -0.15) is 13.2 Å². The van der Waals surface area contributed by atoms with E-state index in [0.717, 1.165) is 17.7 Å². The number of rotatable bonds is 8. The van der Waals surface area contributed by atoms with Gasteiger partial charge < -0.3 is 19.7 Å². The van der Waals surface area contributed by atoms with Gasteiger partial charge in [-0.05, 0) is 41.8 Å². The van der Waals surface area contributed by atoms with Gasteiger partial charge in [0.2, 0.25) is 5.91 Å². The van der Waals surface area contributed by atoms with Crippen molar-refractivity contribution in [1.82, 2.24) is 4.90 Å². The van der Waals surface area contributed by atoms with Gasteiger partial charge in [0.05, 0.1) is 30.5 Å². The molecule has 0 fully saturated rings. The lowest BCUT2D eigenvalue weighted by atomic mass is 10.0. The molecule has 0 spiro atoms. The van der Waals surface area contributed by atoms with Gasteiger partial charge in [0, 0.05) is 13.6 Å². The molecule has 0 radical (unpaired) electrons. The van der Waals surface area contributed by atoms with Crippen molar-refractivity contribution in [3.05, 3.63) is 52.5 Å². The van der Waals surface area contributed by atoms with Crippen LogP contribution in [0.1, 0.15) is 25.0 Å². The summed E-state index contributed by atoms with van der Waals surface area (Å²) in [7, 11) is 4.73. The molecule has 5 nitrogen and oxygen atoms in total. The van der Waals surface area contributed by atoms with Gasteiger partial charge in [0.25, 0.3) is 0 Å². The maximum absolute atomic E-state index is 13.1. The highest BCUT2D eigenvalue weighted by molar-refractivity contribution is 6.33. The van der Waals surface area contributed by atoms with Crippen LogP contribution in [0.3, 0.4) is 0 Å². The Kier molecular flexibility index (Phi) is 8.06. The van der Waals surface area contributed by atoms with Crippen LogP contribution >= 0.6 is 11.6 Å². The fourth-order valence-corrected chi connectivity index (χ4v) is 3.29. The summed E-state index contributed by atoms with van der Waals surface area (Å²) in [4.78, 5) is 14.6. The summed E-state index contributed by atoms with van der Waals surface area (Å²) in [6.45, 7) is 4.00. The zero-order valence-electron chi connectivity index (χ0n) is 18.0. The Balaban J connectivity index is 2.18. The Bertz CT molecular complexity index is 919. The van der Waals surface area contributed by atoms with Crippen LogP contribution in [0.5, 0.6) is 11.5 Å². The van der Waals surface area contributed by atoms with Crippen molar-refractivity contribution in [3.63, 3.8) is 0 Å². The monoisotopic (exact) mass is 458 g/mol. The second kappa shape index (κ2) is 10.1. The van der Waals surface area contributed by atoms with E-state index in [1.807, 2.05) is 19.9 Å². The third-order valence-electron chi connectivity index (χ3n) is 4.78. The molecule has 0 unspecified atom stereocenters. The minimum atomic E-state index is -4.49. The fraction of sp³-hybridized carbons (Fsp3) is 0.409. The van der Waals surface area contributed by atoms with Crippen LogP contribution in [0.15, 0.2) is 36.4 Å². The van der Waals surface area contributed by atoms with Gasteiger partial charge in [-0.1, -0.05) is 31.5 Å². The highest BCUT2D eigenvalue weighted by Gasteiger charge is 2.32. The summed E-state index contributed by atoms with van der Waals surface area (Å²) in [5, 5.41) is 2.90. The lowest BCUT2D eigenvalue weighted by Gasteiger charge is -2.28. The Morgan fingerprint density at radius 2 is 1.74 bits per heavy atom. The zero-order chi connectivity index (χ0) is 23.3. The van der Waals surface area contributed by atoms with E-state index in [-0.39, 0.29) is 22.5 Å². The van der Waals surface area contributed by atoms with E-state index in [1.165, 1.54) is 18.1 Å². The highest BCUT2D eigenvalue weighted by Crippen LogP contribution is 2.34. The molecule has 0 saturated heterocycles. The van der Waals surface area contributed by atoms with E-state index in [2.05, 4.69) is 5.32 Å². The molecule has 1 atom stereocenters. The SMILES string of the molecule is COc1ccc(CN(C)C(=O)[C@@H](Nc2ccc(C(F)(F)F)cc2Cl)C(C)C)cc1OC. The molecule has 0 bridgehead atoms. The van der Waals surface area contributed by atoms with Gasteiger partial charge in [0.1, 0.15) is 6.04 Å². The predicted molar refractivity (Wildman–Crippen MR) is 115 cm³/mol. The topological polar surface area (TPSA) is 50.8 Å². The van der Waals surface area contributed by atoms with Crippen LogP contribution in [-0.4, -0.2) is 38.1 Å². The van der Waals surface area contributed by atoms with Crippen molar-refractivity contribution in [1.29, 1.82) is 0 Å². The van der Waals surface area contributed by atoms with Gasteiger partial charge in [-0.25, -0.2) is 0 Å². The lowest BCUT2D eigenvalue weighted by Crippen LogP contribution is -2.43. The second-order valence-electron chi connectivity index (χ2n) is 7.44. The summed E-state index contributed by atoms with van der Waals surface area (Å²) in [6.07, 6.45) is -4.49. The Hall–Kier alpha value is -2.61. The van der Waals surface area contributed by atoms with Crippen LogP contribution < -0.4 is 14.8 Å². The smallest absolute Gasteiger partial charge is 0.416 e. The number of carbonyl (C=O) groups excluding carboxylic acids is 1. The Labute approximate surface area is 185 Å². The molecule has 31 heavy (non-hydrogen) atoms. The highest BCUT2D eigenvalue weighted by atomic mass is 35.5. The second-order valence-corrected chi connectivity index (χ2v) is 7.85. The number of hydrogen-bond donors (Lipinski definition) is 1. The summed E-state index contributed by atoms with van der Waals surface area (Å²) in [5.41, 5.74) is 0.255. The molecule has 0 aromatic heterocycles. The number of amides is 1. The molecule has 0 aliphatic heterocycles. The fourth-order valence-electron chi connectivity index (χ4n) is 3.06. The molecule has 2 aromatic rings. The van der Waals surface area contributed by atoms with Crippen LogP contribution in [0, 0.1) is 5.92 Å². The molecule has 1 amide bonds. The molecular formula is C22H26ClF3N2O3. The molecule has 0 heterocycles. The molecule has 2 rings (SSSR count). The largest absolute Gasteiger partial charge is 0.493 e. The minimum absolute atomic E-state index is 0.101. The van der Waals surface area contributed by atoms with E-state index in [4.69, 9.17) is 21.1 Å². The molecular weight excluding hydrogens is 433 g/mol. The number of benzene rings is 2. The number of carbonyl (C=O) groups is 1. The quantitative estimate of drug-likeness (QED) is 0.569. The molecule has 0 aliphatic carbocycles. The van der Waals surface area contributed by atoms with E-state index in [0.29, 0.717) is 18.0 Å². The van der Waals surface area contributed by atoms with Crippen LogP contribution in [0.2, 0.25) is 5.02 Å². The van der Waals surface area contributed by atoms with Crippen molar-refractivity contribution in [3.8, 4) is 11.5 Å². The minimum Gasteiger partial charge on any atom is -0.493 e. The maximum Gasteiger partial charge on any atom is 0.416 e. The van der Waals surface area contributed by atoms with Gasteiger partial charge >= 0.3 is 6.18 Å². The number of halogens is 4. The average Bonchev–Trinajstić information content (AvgIpc) is 2.71. The molecule has 170 valence electrons. The summed E-state index contributed by atoms with van der Waals surface area (Å²) in [6, 6.07) is 7.71. The number of nitrogens with one attached hydrogen (secondary N) is 1. The Morgan fingerprint density at radius 1 is 1.10 bits per heavy atom. The van der Waals surface area contributed by atoms with Crippen molar-refractivity contribution >= 4 is 23.2 Å². The predicted octanol–water partition coefficient (Wildman–Crippen LogP) is 5.47. The van der Waals surface area contributed by atoms with E-state index in [9.17, 15) is 18.0 Å². The molecule has 0 saturated carbocycles. The first-order valence-electron chi connectivity index (χ1n) is 9.57. The van der Waals surface area contributed by atoms with E-state index < -0.39 is 17.8 Å². The number of nitrogens with zero attached hydrogens (tertiary/aromatic N) is 1. The number of methoxy groups -OCH3 is 2. The first-order valence-corrected chi connectivity index (χ1v) is 9.94. The number of ether oxygens (including phenoxy) is 2. The molecule has 2 aromatic carbocycles. The van der Waals surface area contributed by atoms with Crippen molar-refractivity contribution < 1.29 is 27.4 Å². The summed E-state index contributed by atoms with van der Waals surface area (Å²) >= 11 is 6.05. The van der Waals surface area contributed by atoms with Crippen LogP contribution in [0.4, 0.5) is 18.9 Å². The number of hydrogen-bond acceptors (Lipinski definition) is 4. The molecule has 1 N–H and O–H groups in total. The first-order chi connectivity index (χ1) is 14.5. The third-order valence-corrected chi connectivity index (χ3v) is 5.10. The number of alkyl halides is 3. The maximum atomic E-state index is 13.1. The Morgan fingerprint density at radius 3 is 2.26 bits per heavy atom. The van der Waals surface area contributed by atoms with Gasteiger partial charge in [-0.15, -0.1) is 0 Å². The van der Waals surface area contributed by atoms with Crippen molar-refractivity contribution in [2.45, 2.75) is 32.6 Å². The summed E-state index contributed by atoms with van der Waals surface area (Å²) in [5.74, 6) is 0.772. The van der Waals surface area contributed by atoms with E-state index >= 15 is 0 Å². The lowest BCUT2D eigenvalue weighted by molar-refractivity contribution is -0.137. The molecule has 0 aliphatic rings.